The number of aromatic nitrogens is 1. The first-order valence-electron chi connectivity index (χ1n) is 5.72. The zero-order chi connectivity index (χ0) is 14.8. The molecule has 0 aliphatic rings. The van der Waals surface area contributed by atoms with Crippen molar-refractivity contribution >= 4 is 12.1 Å². The fourth-order valence-corrected chi connectivity index (χ4v) is 1.46. The van der Waals surface area contributed by atoms with Crippen LogP contribution in [0.1, 0.15) is 50.7 Å². The van der Waals surface area contributed by atoms with Crippen molar-refractivity contribution in [3.63, 3.8) is 0 Å². The van der Waals surface area contributed by atoms with Crippen LogP contribution in [-0.4, -0.2) is 27.9 Å². The van der Waals surface area contributed by atoms with Gasteiger partial charge in [-0.1, -0.05) is 5.16 Å². The molecule has 0 aliphatic heterocycles. The van der Waals surface area contributed by atoms with Crippen LogP contribution in [-0.2, 0) is 10.3 Å². The van der Waals surface area contributed by atoms with Crippen LogP contribution in [0.25, 0.3) is 0 Å². The summed E-state index contributed by atoms with van der Waals surface area (Å²) in [5.41, 5.74) is -1.63. The number of hydrogen-bond donors (Lipinski definition) is 2. The molecule has 1 heterocycles. The molecular weight excluding hydrogens is 252 g/mol. The lowest BCUT2D eigenvalue weighted by molar-refractivity contribution is 0.0463. The summed E-state index contributed by atoms with van der Waals surface area (Å²) in [6.07, 6.45) is 0.368. The maximum atomic E-state index is 11.7. The van der Waals surface area contributed by atoms with Gasteiger partial charge in [0.25, 0.3) is 0 Å². The van der Waals surface area contributed by atoms with E-state index < -0.39 is 23.2 Å². The van der Waals surface area contributed by atoms with Crippen LogP contribution in [0.15, 0.2) is 10.8 Å². The van der Waals surface area contributed by atoms with Crippen LogP contribution in [0, 0.1) is 0 Å². The van der Waals surface area contributed by atoms with E-state index in [1.165, 1.54) is 0 Å². The summed E-state index contributed by atoms with van der Waals surface area (Å²) in [6.45, 7) is 8.43. The number of rotatable bonds is 3. The predicted octanol–water partition coefficient (Wildman–Crippen LogP) is 2.13. The van der Waals surface area contributed by atoms with E-state index in [9.17, 15) is 9.59 Å². The standard InChI is InChI=1S/C12H18N2O5/c1-11(2,3)19-10(17)13-12(4,5)8-7(9(15)16)6-18-14-8/h6H,1-5H3,(H,13,17)(H,15,16). The molecule has 1 amide bonds. The quantitative estimate of drug-likeness (QED) is 0.872. The number of carboxylic acid groups (broad SMARTS) is 1. The van der Waals surface area contributed by atoms with Gasteiger partial charge in [0.15, 0.2) is 0 Å². The maximum Gasteiger partial charge on any atom is 0.408 e. The number of alkyl carbamates (subject to hydrolysis) is 1. The molecule has 0 saturated carbocycles. The Labute approximate surface area is 110 Å². The predicted molar refractivity (Wildman–Crippen MR) is 65.9 cm³/mol. The van der Waals surface area contributed by atoms with Crippen LogP contribution in [0.3, 0.4) is 0 Å². The van der Waals surface area contributed by atoms with Gasteiger partial charge in [-0.25, -0.2) is 9.59 Å². The molecule has 1 rings (SSSR count). The molecule has 7 heteroatoms. The molecule has 0 aliphatic carbocycles. The Bertz CT molecular complexity index is 485. The van der Waals surface area contributed by atoms with Gasteiger partial charge in [-0.15, -0.1) is 0 Å². The highest BCUT2D eigenvalue weighted by Gasteiger charge is 2.33. The van der Waals surface area contributed by atoms with E-state index in [-0.39, 0.29) is 11.3 Å². The minimum Gasteiger partial charge on any atom is -0.478 e. The van der Waals surface area contributed by atoms with Gasteiger partial charge in [-0.3, -0.25) is 0 Å². The number of nitrogens with one attached hydrogen (secondary N) is 1. The topological polar surface area (TPSA) is 102 Å². The van der Waals surface area contributed by atoms with Crippen LogP contribution >= 0.6 is 0 Å². The summed E-state index contributed by atoms with van der Waals surface area (Å²) in [7, 11) is 0. The molecular formula is C12H18N2O5. The molecule has 19 heavy (non-hydrogen) atoms. The van der Waals surface area contributed by atoms with Gasteiger partial charge in [0, 0.05) is 0 Å². The van der Waals surface area contributed by atoms with Gasteiger partial charge in [0.05, 0.1) is 5.54 Å². The molecule has 2 N–H and O–H groups in total. The van der Waals surface area contributed by atoms with Crippen molar-refractivity contribution in [3.8, 4) is 0 Å². The number of amides is 1. The first-order chi connectivity index (χ1) is 8.53. The summed E-state index contributed by atoms with van der Waals surface area (Å²) in [5.74, 6) is -1.17. The van der Waals surface area contributed by atoms with Crippen molar-refractivity contribution in [1.29, 1.82) is 0 Å². The van der Waals surface area contributed by atoms with Crippen molar-refractivity contribution < 1.29 is 24.0 Å². The van der Waals surface area contributed by atoms with Crippen molar-refractivity contribution in [2.45, 2.75) is 45.8 Å². The second kappa shape index (κ2) is 4.91. The molecule has 0 atom stereocenters. The van der Waals surface area contributed by atoms with Crippen molar-refractivity contribution in [2.75, 3.05) is 0 Å². The van der Waals surface area contributed by atoms with Gasteiger partial charge in [0.1, 0.15) is 23.1 Å². The molecule has 0 spiro atoms. The van der Waals surface area contributed by atoms with E-state index >= 15 is 0 Å². The molecule has 0 saturated heterocycles. The van der Waals surface area contributed by atoms with E-state index in [0.29, 0.717) is 0 Å². The molecule has 0 aromatic carbocycles. The molecule has 0 unspecified atom stereocenters. The van der Waals surface area contributed by atoms with Crippen molar-refractivity contribution in [2.24, 2.45) is 0 Å². The zero-order valence-electron chi connectivity index (χ0n) is 11.6. The van der Waals surface area contributed by atoms with E-state index in [4.69, 9.17) is 9.84 Å². The average molecular weight is 270 g/mol. The van der Waals surface area contributed by atoms with Crippen LogP contribution in [0.5, 0.6) is 0 Å². The number of carboxylic acids is 1. The number of carbonyl (C=O) groups is 2. The lowest BCUT2D eigenvalue weighted by atomic mass is 9.97. The molecule has 0 radical (unpaired) electrons. The maximum absolute atomic E-state index is 11.7. The molecule has 0 fully saturated rings. The number of ether oxygens (including phenoxy) is 1. The summed E-state index contributed by atoms with van der Waals surface area (Å²) >= 11 is 0. The van der Waals surface area contributed by atoms with Crippen molar-refractivity contribution in [1.82, 2.24) is 10.5 Å². The van der Waals surface area contributed by atoms with E-state index in [0.717, 1.165) is 6.26 Å². The summed E-state index contributed by atoms with van der Waals surface area (Å²) in [6, 6.07) is 0. The van der Waals surface area contributed by atoms with Crippen LogP contribution in [0.4, 0.5) is 4.79 Å². The Morgan fingerprint density at radius 3 is 2.37 bits per heavy atom. The molecule has 7 nitrogen and oxygen atoms in total. The second-order valence-corrected chi connectivity index (χ2v) is 5.63. The van der Waals surface area contributed by atoms with Gasteiger partial charge in [0.2, 0.25) is 0 Å². The lowest BCUT2D eigenvalue weighted by Crippen LogP contribution is -2.44. The SMILES string of the molecule is CC(C)(C)OC(=O)NC(C)(C)c1nocc1C(=O)O. The minimum absolute atomic E-state index is 0.0962. The first-order valence-corrected chi connectivity index (χ1v) is 5.72. The highest BCUT2D eigenvalue weighted by Crippen LogP contribution is 2.23. The summed E-state index contributed by atoms with van der Waals surface area (Å²) in [5, 5.41) is 15.2. The van der Waals surface area contributed by atoms with Crippen molar-refractivity contribution in [3.05, 3.63) is 17.5 Å². The van der Waals surface area contributed by atoms with E-state index in [1.807, 2.05) is 0 Å². The second-order valence-electron chi connectivity index (χ2n) is 5.63. The molecule has 1 aromatic rings. The first kappa shape index (κ1) is 15.0. The molecule has 1 aromatic heterocycles. The Balaban J connectivity index is 2.89. The Morgan fingerprint density at radius 2 is 1.89 bits per heavy atom. The fraction of sp³-hybridized carbons (Fsp3) is 0.583. The smallest absolute Gasteiger partial charge is 0.408 e. The number of nitrogens with zero attached hydrogens (tertiary/aromatic N) is 1. The lowest BCUT2D eigenvalue weighted by Gasteiger charge is -2.27. The Morgan fingerprint density at radius 1 is 1.32 bits per heavy atom. The number of hydrogen-bond acceptors (Lipinski definition) is 5. The van der Waals surface area contributed by atoms with Crippen LogP contribution in [0.2, 0.25) is 0 Å². The van der Waals surface area contributed by atoms with Gasteiger partial charge in [-0.05, 0) is 34.6 Å². The average Bonchev–Trinajstić information content (AvgIpc) is 2.60. The Hall–Kier alpha value is -2.05. The highest BCUT2D eigenvalue weighted by atomic mass is 16.6. The molecule has 106 valence electrons. The highest BCUT2D eigenvalue weighted by molar-refractivity contribution is 5.89. The molecule has 0 bridgehead atoms. The van der Waals surface area contributed by atoms with Gasteiger partial charge < -0.3 is 19.7 Å². The third-order valence-electron chi connectivity index (χ3n) is 2.21. The summed E-state index contributed by atoms with van der Waals surface area (Å²) < 4.78 is 9.77. The third kappa shape index (κ3) is 3.97. The monoisotopic (exact) mass is 270 g/mol. The third-order valence-corrected chi connectivity index (χ3v) is 2.21. The van der Waals surface area contributed by atoms with Crippen LogP contribution < -0.4 is 5.32 Å². The number of aromatic carboxylic acids is 1. The normalized spacial score (nSPS) is 12.1. The zero-order valence-corrected chi connectivity index (χ0v) is 11.6. The Kier molecular flexibility index (Phi) is 3.88. The minimum atomic E-state index is -1.17. The van der Waals surface area contributed by atoms with Gasteiger partial charge in [-0.2, -0.15) is 0 Å². The summed E-state index contributed by atoms with van der Waals surface area (Å²) in [4.78, 5) is 22.7. The largest absolute Gasteiger partial charge is 0.478 e. The van der Waals surface area contributed by atoms with E-state index in [2.05, 4.69) is 15.0 Å². The van der Waals surface area contributed by atoms with Gasteiger partial charge >= 0.3 is 12.1 Å². The fourth-order valence-electron chi connectivity index (χ4n) is 1.46. The number of carbonyl (C=O) groups excluding carboxylic acids is 1. The van der Waals surface area contributed by atoms with E-state index in [1.54, 1.807) is 34.6 Å².